The zero-order chi connectivity index (χ0) is 18.8. The first-order valence-electron chi connectivity index (χ1n) is 6.99. The summed E-state index contributed by atoms with van der Waals surface area (Å²) in [5.41, 5.74) is -0.786. The third kappa shape index (κ3) is 4.48. The lowest BCUT2D eigenvalue weighted by molar-refractivity contribution is -0.141. The largest absolute Gasteiger partial charge is 0.435 e. The highest BCUT2D eigenvalue weighted by molar-refractivity contribution is 6.31. The number of carbonyl (C=O) groups is 2. The molecule has 0 bridgehead atoms. The maximum atomic E-state index is 12.9. The van der Waals surface area contributed by atoms with Crippen LogP contribution >= 0.6 is 11.6 Å². The standard InChI is InChI=1S/C16H13ClF3N3O2/c1-9(24)21-11-5-3-10(4-6-11)13(25)8-7-12-14(16(18,19)20)22-23(2)15(12)17/h3-8H,1-2H3,(H,21,24). The van der Waals surface area contributed by atoms with Crippen molar-refractivity contribution >= 4 is 35.1 Å². The summed E-state index contributed by atoms with van der Waals surface area (Å²) in [6.45, 7) is 1.34. The van der Waals surface area contributed by atoms with Gasteiger partial charge in [-0.3, -0.25) is 14.3 Å². The van der Waals surface area contributed by atoms with Crippen LogP contribution in [0.4, 0.5) is 18.9 Å². The number of halogens is 4. The Hall–Kier alpha value is -2.61. The third-order valence-corrected chi connectivity index (χ3v) is 3.62. The molecule has 9 heteroatoms. The maximum Gasteiger partial charge on any atom is 0.435 e. The molecule has 0 aliphatic carbocycles. The summed E-state index contributed by atoms with van der Waals surface area (Å²) in [6.07, 6.45) is -2.71. The molecule has 2 aromatic rings. The van der Waals surface area contributed by atoms with Gasteiger partial charge in [0.2, 0.25) is 5.91 Å². The van der Waals surface area contributed by atoms with Crippen molar-refractivity contribution in [3.05, 3.63) is 52.3 Å². The SMILES string of the molecule is CC(=O)Nc1ccc(C(=O)C=Cc2c(C(F)(F)F)nn(C)c2Cl)cc1. The molecule has 1 amide bonds. The van der Waals surface area contributed by atoms with Gasteiger partial charge in [-0.2, -0.15) is 18.3 Å². The fourth-order valence-corrected chi connectivity index (χ4v) is 2.24. The van der Waals surface area contributed by atoms with Crippen molar-refractivity contribution in [1.29, 1.82) is 0 Å². The van der Waals surface area contributed by atoms with Gasteiger partial charge < -0.3 is 5.32 Å². The second-order valence-electron chi connectivity index (χ2n) is 5.13. The van der Waals surface area contributed by atoms with Crippen molar-refractivity contribution in [3.8, 4) is 0 Å². The van der Waals surface area contributed by atoms with Crippen molar-refractivity contribution in [2.75, 3.05) is 5.32 Å². The molecule has 2 rings (SSSR count). The van der Waals surface area contributed by atoms with E-state index in [1.165, 1.54) is 38.2 Å². The van der Waals surface area contributed by atoms with Gasteiger partial charge in [-0.25, -0.2) is 0 Å². The molecule has 0 unspecified atom stereocenters. The van der Waals surface area contributed by atoms with Crippen LogP contribution in [-0.4, -0.2) is 21.5 Å². The predicted octanol–water partition coefficient (Wildman–Crippen LogP) is 3.95. The second kappa shape index (κ2) is 7.10. The van der Waals surface area contributed by atoms with E-state index >= 15 is 0 Å². The number of carbonyl (C=O) groups excluding carboxylic acids is 2. The van der Waals surface area contributed by atoms with Crippen LogP contribution in [0.15, 0.2) is 30.3 Å². The van der Waals surface area contributed by atoms with E-state index < -0.39 is 17.7 Å². The Labute approximate surface area is 146 Å². The van der Waals surface area contributed by atoms with Crippen LogP contribution in [0.2, 0.25) is 5.15 Å². The Balaban J connectivity index is 2.25. The number of aryl methyl sites for hydroxylation is 1. The molecule has 0 aliphatic heterocycles. The lowest BCUT2D eigenvalue weighted by atomic mass is 10.1. The van der Waals surface area contributed by atoms with Crippen LogP contribution in [-0.2, 0) is 18.0 Å². The minimum Gasteiger partial charge on any atom is -0.326 e. The molecule has 0 saturated heterocycles. The van der Waals surface area contributed by atoms with Crippen molar-refractivity contribution in [2.24, 2.45) is 7.05 Å². The highest BCUT2D eigenvalue weighted by atomic mass is 35.5. The summed E-state index contributed by atoms with van der Waals surface area (Å²) in [6, 6.07) is 5.93. The van der Waals surface area contributed by atoms with Crippen molar-refractivity contribution in [2.45, 2.75) is 13.1 Å². The molecule has 5 nitrogen and oxygen atoms in total. The van der Waals surface area contributed by atoms with Gasteiger partial charge in [0.1, 0.15) is 5.15 Å². The summed E-state index contributed by atoms with van der Waals surface area (Å²) in [5, 5.41) is 5.64. The molecule has 132 valence electrons. The molecule has 1 aromatic heterocycles. The van der Waals surface area contributed by atoms with Gasteiger partial charge in [0, 0.05) is 30.8 Å². The van der Waals surface area contributed by atoms with Gasteiger partial charge in [-0.15, -0.1) is 0 Å². The van der Waals surface area contributed by atoms with Crippen molar-refractivity contribution in [3.63, 3.8) is 0 Å². The van der Waals surface area contributed by atoms with Crippen LogP contribution in [0.3, 0.4) is 0 Å². The Morgan fingerprint density at radius 3 is 2.36 bits per heavy atom. The molecule has 0 saturated carbocycles. The first-order chi connectivity index (χ1) is 11.6. The number of ketones is 1. The van der Waals surface area contributed by atoms with Crippen molar-refractivity contribution < 1.29 is 22.8 Å². The van der Waals surface area contributed by atoms with Crippen LogP contribution < -0.4 is 5.32 Å². The molecule has 1 heterocycles. The molecular weight excluding hydrogens is 359 g/mol. The van der Waals surface area contributed by atoms with Gasteiger partial charge in [-0.1, -0.05) is 11.6 Å². The molecule has 1 N–H and O–H groups in total. The number of benzene rings is 1. The van der Waals surface area contributed by atoms with E-state index in [9.17, 15) is 22.8 Å². The van der Waals surface area contributed by atoms with Crippen molar-refractivity contribution in [1.82, 2.24) is 9.78 Å². The minimum atomic E-state index is -4.69. The number of hydrogen-bond donors (Lipinski definition) is 1. The van der Waals surface area contributed by atoms with E-state index in [1.807, 2.05) is 0 Å². The number of hydrogen-bond acceptors (Lipinski definition) is 3. The van der Waals surface area contributed by atoms with E-state index in [0.29, 0.717) is 5.69 Å². The maximum absolute atomic E-state index is 12.9. The number of amides is 1. The lowest BCUT2D eigenvalue weighted by Gasteiger charge is -2.03. The second-order valence-corrected chi connectivity index (χ2v) is 5.49. The average Bonchev–Trinajstić information content (AvgIpc) is 2.80. The monoisotopic (exact) mass is 371 g/mol. The normalized spacial score (nSPS) is 11.8. The highest BCUT2D eigenvalue weighted by Crippen LogP contribution is 2.34. The van der Waals surface area contributed by atoms with E-state index in [-0.39, 0.29) is 22.2 Å². The number of nitrogens with zero attached hydrogens (tertiary/aromatic N) is 2. The number of alkyl halides is 3. The molecule has 0 fully saturated rings. The Morgan fingerprint density at radius 2 is 1.84 bits per heavy atom. The Morgan fingerprint density at radius 1 is 1.24 bits per heavy atom. The first-order valence-corrected chi connectivity index (χ1v) is 7.37. The zero-order valence-corrected chi connectivity index (χ0v) is 13.9. The highest BCUT2D eigenvalue weighted by Gasteiger charge is 2.37. The smallest absolute Gasteiger partial charge is 0.326 e. The molecule has 1 aromatic carbocycles. The summed E-state index contributed by atoms with van der Waals surface area (Å²) in [7, 11) is 1.28. The minimum absolute atomic E-state index is 0.225. The molecular formula is C16H13ClF3N3O2. The Bertz CT molecular complexity index is 840. The van der Waals surface area contributed by atoms with Crippen LogP contribution in [0, 0.1) is 0 Å². The number of rotatable bonds is 4. The topological polar surface area (TPSA) is 64.0 Å². The van der Waals surface area contributed by atoms with E-state index in [2.05, 4.69) is 10.4 Å². The van der Waals surface area contributed by atoms with Gasteiger partial charge in [0.05, 0.1) is 0 Å². The van der Waals surface area contributed by atoms with E-state index in [1.54, 1.807) is 0 Å². The number of allylic oxidation sites excluding steroid dienone is 1. The zero-order valence-electron chi connectivity index (χ0n) is 13.2. The number of nitrogens with one attached hydrogen (secondary N) is 1. The van der Waals surface area contributed by atoms with Gasteiger partial charge in [0.15, 0.2) is 11.5 Å². The number of aromatic nitrogens is 2. The number of anilines is 1. The van der Waals surface area contributed by atoms with Crippen LogP contribution in [0.5, 0.6) is 0 Å². The van der Waals surface area contributed by atoms with Gasteiger partial charge in [-0.05, 0) is 36.4 Å². The fraction of sp³-hybridized carbons (Fsp3) is 0.188. The first kappa shape index (κ1) is 18.7. The Kier molecular flexibility index (Phi) is 5.32. The summed E-state index contributed by atoms with van der Waals surface area (Å²) in [4.78, 5) is 23.0. The summed E-state index contributed by atoms with van der Waals surface area (Å²) >= 11 is 5.82. The molecule has 0 radical (unpaired) electrons. The molecule has 0 atom stereocenters. The van der Waals surface area contributed by atoms with E-state index in [0.717, 1.165) is 16.8 Å². The van der Waals surface area contributed by atoms with E-state index in [4.69, 9.17) is 11.6 Å². The summed E-state index contributed by atoms with van der Waals surface area (Å²) in [5.74, 6) is -0.771. The lowest BCUT2D eigenvalue weighted by Crippen LogP contribution is -2.08. The predicted molar refractivity (Wildman–Crippen MR) is 87.3 cm³/mol. The average molecular weight is 372 g/mol. The molecule has 0 aliphatic rings. The fourth-order valence-electron chi connectivity index (χ4n) is 2.05. The van der Waals surface area contributed by atoms with Crippen LogP contribution in [0.1, 0.15) is 28.5 Å². The molecule has 0 spiro atoms. The summed E-state index contributed by atoms with van der Waals surface area (Å²) < 4.78 is 39.7. The molecule has 25 heavy (non-hydrogen) atoms. The van der Waals surface area contributed by atoms with Crippen LogP contribution in [0.25, 0.3) is 6.08 Å². The van der Waals surface area contributed by atoms with Gasteiger partial charge in [0.25, 0.3) is 0 Å². The third-order valence-electron chi connectivity index (χ3n) is 3.17. The van der Waals surface area contributed by atoms with Gasteiger partial charge >= 0.3 is 6.18 Å². The quantitative estimate of drug-likeness (QED) is 0.654.